The smallest absolute Gasteiger partial charge is 0.410 e. The summed E-state index contributed by atoms with van der Waals surface area (Å²) < 4.78 is 41.1. The number of benzene rings is 2. The monoisotopic (exact) mass is 1370 g/mol. The molecule has 2 fully saturated rings. The molecule has 0 bridgehead atoms. The molecule has 8 N–H and O–H groups in total. The molecule has 2 saturated heterocycles. The molecule has 28 nitrogen and oxygen atoms in total. The van der Waals surface area contributed by atoms with Crippen LogP contribution in [0.25, 0.3) is 10.1 Å². The number of amides is 8. The summed E-state index contributed by atoms with van der Waals surface area (Å²) in [4.78, 5) is 127. The number of thiophene rings is 1. The average molecular weight is 1370 g/mol. The number of likely N-dealkylation sites (N-methyl/N-ethyl adjacent to an activating group) is 2. The Morgan fingerprint density at radius 3 is 2.10 bits per heavy atom. The lowest BCUT2D eigenvalue weighted by Crippen LogP contribution is -2.60. The van der Waals surface area contributed by atoms with Crippen LogP contribution in [0.3, 0.4) is 0 Å². The summed E-state index contributed by atoms with van der Waals surface area (Å²) in [6, 6.07) is 9.06. The lowest BCUT2D eigenvalue weighted by Gasteiger charge is -2.41. The number of fused-ring (bicyclic) bond motifs is 1. The van der Waals surface area contributed by atoms with Gasteiger partial charge in [-0.2, -0.15) is 0 Å². The van der Waals surface area contributed by atoms with Gasteiger partial charge in [0, 0.05) is 80.4 Å². The van der Waals surface area contributed by atoms with E-state index in [9.17, 15) is 68.7 Å². The third-order valence-electron chi connectivity index (χ3n) is 17.9. The molecule has 1 aromatic heterocycles. The first-order valence-electron chi connectivity index (χ1n) is 32.5. The first-order chi connectivity index (χ1) is 45.7. The predicted octanol–water partition coefficient (Wildman–Crippen LogP) is 2.51. The zero-order valence-electron chi connectivity index (χ0n) is 56.6. The highest BCUT2D eigenvalue weighted by Gasteiger charge is 2.47. The molecule has 2 unspecified atom stereocenters. The fourth-order valence-electron chi connectivity index (χ4n) is 12.3. The summed E-state index contributed by atoms with van der Waals surface area (Å²) in [6.45, 7) is 12.5. The number of methoxy groups -OCH3 is 2. The van der Waals surface area contributed by atoms with Gasteiger partial charge in [-0.1, -0.05) is 91.3 Å². The van der Waals surface area contributed by atoms with Gasteiger partial charge in [-0.3, -0.25) is 43.4 Å². The van der Waals surface area contributed by atoms with Crippen LogP contribution >= 0.6 is 11.3 Å². The van der Waals surface area contributed by atoms with E-state index in [1.165, 1.54) is 55.7 Å². The lowest BCUT2D eigenvalue weighted by molar-refractivity contribution is -0.277. The number of hydrogen-bond donors (Lipinski definition) is 8. The van der Waals surface area contributed by atoms with Crippen LogP contribution in [-0.2, 0) is 86.3 Å². The van der Waals surface area contributed by atoms with E-state index >= 15 is 0 Å². The van der Waals surface area contributed by atoms with Crippen LogP contribution in [0, 0.1) is 23.7 Å². The summed E-state index contributed by atoms with van der Waals surface area (Å²) >= 11 is 1.22. The molecule has 4 heterocycles. The third kappa shape index (κ3) is 20.2. The number of likely N-dealkylation sites (tertiary alicyclic amines) is 1. The van der Waals surface area contributed by atoms with Crippen molar-refractivity contribution in [1.29, 1.82) is 0 Å². The van der Waals surface area contributed by atoms with Crippen LogP contribution in [0.1, 0.15) is 96.6 Å². The fraction of sp³-hybridized carbons (Fsp3) is 0.627. The van der Waals surface area contributed by atoms with Gasteiger partial charge in [-0.15, -0.1) is 11.3 Å². The Kier molecular flexibility index (Phi) is 30.0. The first kappa shape index (κ1) is 77.8. The molecule has 0 spiro atoms. The summed E-state index contributed by atoms with van der Waals surface area (Å²) in [5, 5.41) is 60.6. The third-order valence-corrected chi connectivity index (χ3v) is 19.1. The second kappa shape index (κ2) is 37.0. The minimum Gasteiger partial charge on any atom is -0.480 e. The number of aliphatic hydroxyl groups is 4. The number of carboxylic acids is 1. The molecule has 6 rings (SSSR count). The molecular weight excluding hydrogens is 1270 g/mol. The van der Waals surface area contributed by atoms with E-state index < -0.39 is 139 Å². The van der Waals surface area contributed by atoms with Gasteiger partial charge in [0.25, 0.3) is 11.8 Å². The number of aliphatic hydroxyl groups excluding tert-OH is 4. The van der Waals surface area contributed by atoms with Crippen molar-refractivity contribution in [3.8, 4) is 5.75 Å². The maximum Gasteiger partial charge on any atom is 0.410 e. The minimum absolute atomic E-state index is 0.00694. The number of nitrogens with zero attached hydrogens (tertiary/aromatic N) is 4. The number of carboxylic acid groups (broad SMARTS) is 1. The number of carbonyl (C=O) groups is 9. The van der Waals surface area contributed by atoms with Crippen LogP contribution in [-0.4, -0.2) is 246 Å². The quantitative estimate of drug-likeness (QED) is 0.0304. The van der Waals surface area contributed by atoms with E-state index in [1.807, 2.05) is 19.9 Å². The molecule has 3 aliphatic heterocycles. The molecule has 0 saturated carbocycles. The highest BCUT2D eigenvalue weighted by Crippen LogP contribution is 2.38. The molecule has 0 aliphatic carbocycles. The second-order valence-corrected chi connectivity index (χ2v) is 26.3. The largest absolute Gasteiger partial charge is 0.480 e. The fourth-order valence-corrected chi connectivity index (χ4v) is 13.4. The van der Waals surface area contributed by atoms with E-state index in [2.05, 4.69) is 16.0 Å². The number of nitrogens with one attached hydrogen (secondary N) is 3. The van der Waals surface area contributed by atoms with Gasteiger partial charge in [0.1, 0.15) is 54.9 Å². The van der Waals surface area contributed by atoms with Crippen molar-refractivity contribution in [3.05, 3.63) is 76.7 Å². The molecule has 96 heavy (non-hydrogen) atoms. The van der Waals surface area contributed by atoms with Crippen molar-refractivity contribution in [2.75, 3.05) is 74.4 Å². The molecule has 2 aromatic carbocycles. The molecule has 29 heteroatoms. The number of rotatable bonds is 37. The highest BCUT2D eigenvalue weighted by molar-refractivity contribution is 7.19. The standard InChI is InChI=1S/C67H97N7O21S/c1-12-39(6)56(48(89-10)33-53(79)73-25-16-19-46(73)60(90-11)40(7)62(83)69-45(65(86)87)31-41-17-14-13-15-18-41)71(8)64(85)54(37(2)3)70-63(84)55(38(4)5)72(9)67(88)93-36-42-20-21-47(94-66-59(82)58(81)57(80)49(35-75)95-66)44-32-43(96-61(42)44)34-68-50(76)24-27-91-29-30-92-28-26-74-51(77)22-23-52(74)78/h13-15,17-18,20-23,32,37-40,45-46,48-49,54-60,66,75,80-82H,12,16,19,24-31,33-36H2,1-11H3,(H,68,76)(H,69,83)(H,70,84)(H,86,87)/t39?,40-,45?,46+,48-,49-,54+,55+,56+,57+,58+,59-,60-,66-/m1/s1. The summed E-state index contributed by atoms with van der Waals surface area (Å²) in [7, 11) is 5.92. The number of aliphatic carboxylic acids is 1. The number of hydrogen-bond acceptors (Lipinski definition) is 21. The molecule has 3 aromatic rings. The van der Waals surface area contributed by atoms with Gasteiger partial charge in [0.2, 0.25) is 35.8 Å². The summed E-state index contributed by atoms with van der Waals surface area (Å²) in [5.74, 6) is -6.22. The Bertz CT molecular complexity index is 3130. The van der Waals surface area contributed by atoms with Gasteiger partial charge in [-0.25, -0.2) is 9.59 Å². The molecule has 532 valence electrons. The highest BCUT2D eigenvalue weighted by atomic mass is 32.1. The maximum absolute atomic E-state index is 14.9. The van der Waals surface area contributed by atoms with Crippen molar-refractivity contribution in [2.24, 2.45) is 23.7 Å². The van der Waals surface area contributed by atoms with Gasteiger partial charge in [0.15, 0.2) is 0 Å². The zero-order valence-corrected chi connectivity index (χ0v) is 57.4. The number of carbonyl (C=O) groups excluding carboxylic acids is 8. The molecule has 0 radical (unpaired) electrons. The van der Waals surface area contributed by atoms with Crippen LogP contribution in [0.15, 0.2) is 60.7 Å². The summed E-state index contributed by atoms with van der Waals surface area (Å²) in [5.41, 5.74) is 1.20. The Labute approximate surface area is 563 Å². The second-order valence-electron chi connectivity index (χ2n) is 25.2. The topological polar surface area (TPSA) is 368 Å². The van der Waals surface area contributed by atoms with Gasteiger partial charge in [0.05, 0.1) is 82.8 Å². The number of ether oxygens (including phenoxy) is 7. The van der Waals surface area contributed by atoms with Crippen molar-refractivity contribution in [1.82, 2.24) is 35.6 Å². The van der Waals surface area contributed by atoms with E-state index in [4.69, 9.17) is 33.2 Å². The van der Waals surface area contributed by atoms with Crippen molar-refractivity contribution in [2.45, 2.75) is 173 Å². The molecule has 14 atom stereocenters. The van der Waals surface area contributed by atoms with Crippen molar-refractivity contribution >= 4 is 74.8 Å². The Balaban J connectivity index is 1.10. The van der Waals surface area contributed by atoms with Gasteiger partial charge in [-0.05, 0) is 48.3 Å². The van der Waals surface area contributed by atoms with Crippen LogP contribution < -0.4 is 20.7 Å². The van der Waals surface area contributed by atoms with Gasteiger partial charge < -0.3 is 84.4 Å². The van der Waals surface area contributed by atoms with E-state index in [0.29, 0.717) is 46.3 Å². The Hall–Kier alpha value is -7.19. The SMILES string of the molecule is CCC(C)[C@@H]([C@@H](CC(=O)N1CCC[C@H]1[C@H](OC)[C@@H](C)C(=O)NC(Cc1ccccc1)C(=O)O)OC)N(C)C(=O)[C@@H](NC(=O)[C@H](C(C)C)N(C)C(=O)OCc1ccc(O[C@@H]2O[C@H](CO)[C@H](O)[C@H](O)[C@H]2O)c2cc(CNC(=O)CCOCCOCCN3C(=O)C=CC3=O)sc12)C(C)C. The molecule has 3 aliphatic rings. The number of imide groups is 1. The van der Waals surface area contributed by atoms with Gasteiger partial charge >= 0.3 is 12.1 Å². The van der Waals surface area contributed by atoms with Crippen LogP contribution in [0.4, 0.5) is 4.79 Å². The first-order valence-corrected chi connectivity index (χ1v) is 33.4. The lowest BCUT2D eigenvalue weighted by atomic mass is 9.89. The van der Waals surface area contributed by atoms with E-state index in [-0.39, 0.29) is 88.9 Å². The molecular formula is C67H97N7O21S. The van der Waals surface area contributed by atoms with E-state index in [1.54, 1.807) is 83.0 Å². The van der Waals surface area contributed by atoms with Crippen molar-refractivity contribution in [3.63, 3.8) is 0 Å². The van der Waals surface area contributed by atoms with Crippen LogP contribution in [0.5, 0.6) is 5.75 Å². The maximum atomic E-state index is 14.9. The predicted molar refractivity (Wildman–Crippen MR) is 349 cm³/mol. The van der Waals surface area contributed by atoms with Crippen molar-refractivity contribution < 1.29 is 102 Å². The molecule has 8 amide bonds. The Morgan fingerprint density at radius 2 is 1.49 bits per heavy atom. The summed E-state index contributed by atoms with van der Waals surface area (Å²) in [6.07, 6.45) is -6.44. The zero-order chi connectivity index (χ0) is 70.7. The minimum atomic E-state index is -1.74. The van der Waals surface area contributed by atoms with E-state index in [0.717, 1.165) is 15.4 Å². The van der Waals surface area contributed by atoms with Crippen LogP contribution in [0.2, 0.25) is 0 Å². The average Bonchev–Trinajstić information content (AvgIpc) is 1.53. The normalized spacial score (nSPS) is 21.3. The Morgan fingerprint density at radius 1 is 0.812 bits per heavy atom.